The van der Waals surface area contributed by atoms with E-state index in [9.17, 15) is 4.79 Å². The highest BCUT2D eigenvalue weighted by molar-refractivity contribution is 5.72. The summed E-state index contributed by atoms with van der Waals surface area (Å²) < 4.78 is 0. The third kappa shape index (κ3) is 6.84. The third-order valence-corrected chi connectivity index (χ3v) is 1.34. The zero-order valence-corrected chi connectivity index (χ0v) is 7.02. The first-order chi connectivity index (χ1) is 5.16. The highest BCUT2D eigenvalue weighted by Gasteiger charge is 1.91. The maximum Gasteiger partial charge on any atom is 0.216 e. The van der Waals surface area contributed by atoms with Crippen molar-refractivity contribution in [3.8, 4) is 0 Å². The summed E-state index contributed by atoms with van der Waals surface area (Å²) in [6.45, 7) is 9.59. The van der Waals surface area contributed by atoms with Gasteiger partial charge < -0.3 is 5.32 Å². The van der Waals surface area contributed by atoms with Crippen molar-refractivity contribution < 1.29 is 4.79 Å². The number of nitrogens with one attached hydrogen (secondary N) is 1. The molecule has 0 aliphatic heterocycles. The molecule has 62 valence electrons. The van der Waals surface area contributed by atoms with Gasteiger partial charge in [0, 0.05) is 13.5 Å². The Hall–Kier alpha value is -1.05. The fourth-order valence-corrected chi connectivity index (χ4v) is 0.682. The van der Waals surface area contributed by atoms with Crippen LogP contribution in [0.15, 0.2) is 24.8 Å². The standard InChI is InChI=1S/C9H15NO/c1-4-8(2)6-5-7-10-9(3)11/h4H,1-2,5-7H2,3H3,(H,10,11). The van der Waals surface area contributed by atoms with Gasteiger partial charge in [-0.2, -0.15) is 0 Å². The summed E-state index contributed by atoms with van der Waals surface area (Å²) in [5, 5.41) is 2.71. The van der Waals surface area contributed by atoms with Crippen LogP contribution in [0.1, 0.15) is 19.8 Å². The zero-order valence-electron chi connectivity index (χ0n) is 7.02. The Morgan fingerprint density at radius 1 is 1.64 bits per heavy atom. The van der Waals surface area contributed by atoms with Crippen LogP contribution in [0, 0.1) is 0 Å². The van der Waals surface area contributed by atoms with Crippen LogP contribution in [0.4, 0.5) is 0 Å². The minimum absolute atomic E-state index is 0.0224. The Bertz CT molecular complexity index is 161. The largest absolute Gasteiger partial charge is 0.356 e. The summed E-state index contributed by atoms with van der Waals surface area (Å²) in [5.41, 5.74) is 1.02. The molecule has 2 heteroatoms. The minimum atomic E-state index is 0.0224. The highest BCUT2D eigenvalue weighted by Crippen LogP contribution is 2.00. The minimum Gasteiger partial charge on any atom is -0.356 e. The molecule has 0 saturated carbocycles. The summed E-state index contributed by atoms with van der Waals surface area (Å²) in [6, 6.07) is 0. The molecule has 0 saturated heterocycles. The van der Waals surface area contributed by atoms with E-state index < -0.39 is 0 Å². The van der Waals surface area contributed by atoms with Crippen molar-refractivity contribution in [2.75, 3.05) is 6.54 Å². The molecule has 1 amide bonds. The van der Waals surface area contributed by atoms with Gasteiger partial charge in [-0.3, -0.25) is 4.79 Å². The monoisotopic (exact) mass is 153 g/mol. The molecule has 0 unspecified atom stereocenters. The van der Waals surface area contributed by atoms with Crippen LogP contribution in [0.2, 0.25) is 0 Å². The molecule has 0 radical (unpaired) electrons. The second-order valence-electron chi connectivity index (χ2n) is 2.45. The quantitative estimate of drug-likeness (QED) is 0.472. The predicted molar refractivity (Wildman–Crippen MR) is 47.3 cm³/mol. The third-order valence-electron chi connectivity index (χ3n) is 1.34. The smallest absolute Gasteiger partial charge is 0.216 e. The molecule has 0 aromatic rings. The van der Waals surface area contributed by atoms with Crippen LogP contribution in [0.3, 0.4) is 0 Å². The van der Waals surface area contributed by atoms with Gasteiger partial charge in [-0.05, 0) is 12.8 Å². The normalized spacial score (nSPS) is 8.82. The lowest BCUT2D eigenvalue weighted by molar-refractivity contribution is -0.118. The van der Waals surface area contributed by atoms with Crippen molar-refractivity contribution in [3.05, 3.63) is 24.8 Å². The average molecular weight is 153 g/mol. The van der Waals surface area contributed by atoms with E-state index in [1.807, 2.05) is 0 Å². The van der Waals surface area contributed by atoms with E-state index in [2.05, 4.69) is 18.5 Å². The number of hydrogen-bond acceptors (Lipinski definition) is 1. The molecular weight excluding hydrogens is 138 g/mol. The van der Waals surface area contributed by atoms with Crippen molar-refractivity contribution in [1.29, 1.82) is 0 Å². The first kappa shape index (κ1) is 9.95. The Kier molecular flexibility index (Phi) is 5.17. The summed E-state index contributed by atoms with van der Waals surface area (Å²) in [7, 11) is 0. The van der Waals surface area contributed by atoms with Gasteiger partial charge in [0.1, 0.15) is 0 Å². The van der Waals surface area contributed by atoms with Crippen LogP contribution < -0.4 is 5.32 Å². The number of amides is 1. The lowest BCUT2D eigenvalue weighted by Crippen LogP contribution is -2.20. The summed E-state index contributed by atoms with van der Waals surface area (Å²) >= 11 is 0. The Morgan fingerprint density at radius 3 is 2.73 bits per heavy atom. The van der Waals surface area contributed by atoms with E-state index in [1.165, 1.54) is 6.92 Å². The Morgan fingerprint density at radius 2 is 2.27 bits per heavy atom. The second-order valence-corrected chi connectivity index (χ2v) is 2.45. The number of carbonyl (C=O) groups excluding carboxylic acids is 1. The molecule has 2 nitrogen and oxygen atoms in total. The van der Waals surface area contributed by atoms with Gasteiger partial charge in [-0.1, -0.05) is 24.8 Å². The molecule has 0 atom stereocenters. The lowest BCUT2D eigenvalue weighted by atomic mass is 10.2. The molecule has 0 bridgehead atoms. The van der Waals surface area contributed by atoms with Crippen molar-refractivity contribution in [2.24, 2.45) is 0 Å². The van der Waals surface area contributed by atoms with Crippen LogP contribution >= 0.6 is 0 Å². The van der Waals surface area contributed by atoms with Crippen LogP contribution in [-0.4, -0.2) is 12.5 Å². The van der Waals surface area contributed by atoms with Gasteiger partial charge >= 0.3 is 0 Å². The van der Waals surface area contributed by atoms with Gasteiger partial charge in [0.25, 0.3) is 0 Å². The van der Waals surface area contributed by atoms with E-state index in [4.69, 9.17) is 0 Å². The molecule has 0 heterocycles. The van der Waals surface area contributed by atoms with Crippen LogP contribution in [-0.2, 0) is 4.79 Å². The van der Waals surface area contributed by atoms with E-state index in [1.54, 1.807) is 6.08 Å². The molecule has 0 aliphatic rings. The van der Waals surface area contributed by atoms with Gasteiger partial charge in [-0.15, -0.1) is 0 Å². The van der Waals surface area contributed by atoms with Crippen molar-refractivity contribution >= 4 is 5.91 Å². The van der Waals surface area contributed by atoms with Crippen LogP contribution in [0.5, 0.6) is 0 Å². The molecule has 1 N–H and O–H groups in total. The van der Waals surface area contributed by atoms with E-state index in [0.29, 0.717) is 0 Å². The molecule has 0 fully saturated rings. The predicted octanol–water partition coefficient (Wildman–Crippen LogP) is 1.64. The molecule has 11 heavy (non-hydrogen) atoms. The second kappa shape index (κ2) is 5.71. The van der Waals surface area contributed by atoms with Gasteiger partial charge in [0.15, 0.2) is 0 Å². The average Bonchev–Trinajstić information content (AvgIpc) is 1.97. The van der Waals surface area contributed by atoms with Crippen molar-refractivity contribution in [1.82, 2.24) is 5.32 Å². The van der Waals surface area contributed by atoms with Gasteiger partial charge in [-0.25, -0.2) is 0 Å². The van der Waals surface area contributed by atoms with Gasteiger partial charge in [0.2, 0.25) is 5.91 Å². The number of rotatable bonds is 5. The molecule has 0 spiro atoms. The van der Waals surface area contributed by atoms with E-state index in [-0.39, 0.29) is 5.91 Å². The molecule has 0 aromatic heterocycles. The first-order valence-corrected chi connectivity index (χ1v) is 3.71. The lowest BCUT2D eigenvalue weighted by Gasteiger charge is -2.00. The Balaban J connectivity index is 3.21. The van der Waals surface area contributed by atoms with Gasteiger partial charge in [0.05, 0.1) is 0 Å². The highest BCUT2D eigenvalue weighted by atomic mass is 16.1. The van der Waals surface area contributed by atoms with Crippen molar-refractivity contribution in [3.63, 3.8) is 0 Å². The summed E-state index contributed by atoms with van der Waals surface area (Å²) in [6.07, 6.45) is 3.59. The van der Waals surface area contributed by atoms with E-state index >= 15 is 0 Å². The summed E-state index contributed by atoms with van der Waals surface area (Å²) in [5.74, 6) is 0.0224. The molecular formula is C9H15NO. The molecule has 0 aromatic carbocycles. The maximum absolute atomic E-state index is 10.4. The first-order valence-electron chi connectivity index (χ1n) is 3.71. The van der Waals surface area contributed by atoms with Crippen LogP contribution in [0.25, 0.3) is 0 Å². The molecule has 0 rings (SSSR count). The molecule has 0 aliphatic carbocycles. The van der Waals surface area contributed by atoms with Crippen molar-refractivity contribution in [2.45, 2.75) is 19.8 Å². The maximum atomic E-state index is 10.4. The summed E-state index contributed by atoms with van der Waals surface area (Å²) in [4.78, 5) is 10.4. The van der Waals surface area contributed by atoms with E-state index in [0.717, 1.165) is 25.0 Å². The Labute approximate surface area is 68.0 Å². The fourth-order valence-electron chi connectivity index (χ4n) is 0.682. The zero-order chi connectivity index (χ0) is 8.69. The topological polar surface area (TPSA) is 29.1 Å². The SMILES string of the molecule is C=CC(=C)CCCNC(C)=O. The fraction of sp³-hybridized carbons (Fsp3) is 0.444. The number of hydrogen-bond donors (Lipinski definition) is 1. The number of carbonyl (C=O) groups is 1. The number of allylic oxidation sites excluding steroid dienone is 2.